The largest absolute Gasteiger partial charge is 0.207 e. The molecule has 0 aliphatic heterocycles. The highest BCUT2D eigenvalue weighted by Gasteiger charge is 2.51. The first-order chi connectivity index (χ1) is 9.13. The first-order valence-corrected chi connectivity index (χ1v) is 6.72. The fourth-order valence-corrected chi connectivity index (χ4v) is 3.11. The molecule has 0 N–H and O–H groups in total. The number of benzene rings is 2. The summed E-state index contributed by atoms with van der Waals surface area (Å²) < 4.78 is 27.1. The van der Waals surface area contributed by atoms with Crippen LogP contribution in [0.4, 0.5) is 8.78 Å². The second-order valence-electron chi connectivity index (χ2n) is 5.05. The molecule has 19 heavy (non-hydrogen) atoms. The van der Waals surface area contributed by atoms with E-state index in [4.69, 9.17) is 11.6 Å². The third-order valence-electron chi connectivity index (χ3n) is 3.85. The molecule has 3 heteroatoms. The maximum atomic E-state index is 13.8. The van der Waals surface area contributed by atoms with Gasteiger partial charge in [-0.05, 0) is 36.6 Å². The monoisotopic (exact) mass is 278 g/mol. The van der Waals surface area contributed by atoms with E-state index in [9.17, 15) is 8.78 Å². The van der Waals surface area contributed by atoms with Gasteiger partial charge in [0.15, 0.2) is 0 Å². The SMILES string of the molecule is Fc1ccc(F)c(C(Cl)C2(c3ccccc3)CC2)c1. The highest BCUT2D eigenvalue weighted by atomic mass is 35.5. The molecule has 1 unspecified atom stereocenters. The molecule has 0 saturated heterocycles. The molecule has 0 aromatic heterocycles. The molecule has 0 amide bonds. The van der Waals surface area contributed by atoms with E-state index in [0.717, 1.165) is 30.5 Å². The molecule has 2 aromatic rings. The van der Waals surface area contributed by atoms with Crippen LogP contribution in [0.2, 0.25) is 0 Å². The zero-order chi connectivity index (χ0) is 13.5. The molecule has 0 bridgehead atoms. The van der Waals surface area contributed by atoms with Crippen LogP contribution in [-0.4, -0.2) is 0 Å². The summed E-state index contributed by atoms with van der Waals surface area (Å²) in [4.78, 5) is 0. The molecule has 0 heterocycles. The van der Waals surface area contributed by atoms with Crippen molar-refractivity contribution in [1.82, 2.24) is 0 Å². The van der Waals surface area contributed by atoms with E-state index in [2.05, 4.69) is 0 Å². The summed E-state index contributed by atoms with van der Waals surface area (Å²) in [6, 6.07) is 13.3. The molecule has 1 fully saturated rings. The molecule has 2 aromatic carbocycles. The Kier molecular flexibility index (Phi) is 3.06. The van der Waals surface area contributed by atoms with Gasteiger partial charge in [0.2, 0.25) is 0 Å². The number of hydrogen-bond acceptors (Lipinski definition) is 0. The molecule has 98 valence electrons. The minimum absolute atomic E-state index is 0.253. The standard InChI is InChI=1S/C16H13ClF2/c17-15(13-10-12(18)6-7-14(13)19)16(8-9-16)11-4-2-1-3-5-11/h1-7,10,15H,8-9H2. The summed E-state index contributed by atoms with van der Waals surface area (Å²) in [7, 11) is 0. The van der Waals surface area contributed by atoms with Crippen LogP contribution in [0.3, 0.4) is 0 Å². The first-order valence-electron chi connectivity index (χ1n) is 6.28. The fraction of sp³-hybridized carbons (Fsp3) is 0.250. The summed E-state index contributed by atoms with van der Waals surface area (Å²) >= 11 is 6.47. The number of rotatable bonds is 3. The highest BCUT2D eigenvalue weighted by molar-refractivity contribution is 6.22. The Bertz CT molecular complexity index is 591. The fourth-order valence-electron chi connectivity index (χ4n) is 2.60. The summed E-state index contributed by atoms with van der Waals surface area (Å²) in [6.07, 6.45) is 1.81. The van der Waals surface area contributed by atoms with Gasteiger partial charge in [-0.25, -0.2) is 8.78 Å². The zero-order valence-electron chi connectivity index (χ0n) is 10.2. The van der Waals surface area contributed by atoms with Crippen molar-refractivity contribution in [3.63, 3.8) is 0 Å². The number of alkyl halides is 1. The summed E-state index contributed by atoms with van der Waals surface area (Å²) in [5, 5.41) is -0.536. The molecule has 0 spiro atoms. The maximum absolute atomic E-state index is 13.8. The van der Waals surface area contributed by atoms with Crippen molar-refractivity contribution in [3.05, 3.63) is 71.3 Å². The molecular formula is C16H13ClF2. The van der Waals surface area contributed by atoms with Crippen molar-refractivity contribution in [1.29, 1.82) is 0 Å². The minimum Gasteiger partial charge on any atom is -0.207 e. The Balaban J connectivity index is 2.00. The lowest BCUT2D eigenvalue weighted by Gasteiger charge is -2.23. The smallest absolute Gasteiger partial charge is 0.128 e. The van der Waals surface area contributed by atoms with Gasteiger partial charge in [0.25, 0.3) is 0 Å². The van der Waals surface area contributed by atoms with E-state index in [1.807, 2.05) is 30.3 Å². The lowest BCUT2D eigenvalue weighted by Crippen LogP contribution is -2.15. The Labute approximate surface area is 116 Å². The van der Waals surface area contributed by atoms with Crippen molar-refractivity contribution in [3.8, 4) is 0 Å². The van der Waals surface area contributed by atoms with Crippen molar-refractivity contribution in [2.24, 2.45) is 0 Å². The third-order valence-corrected chi connectivity index (χ3v) is 4.51. The van der Waals surface area contributed by atoms with Gasteiger partial charge >= 0.3 is 0 Å². The Morgan fingerprint density at radius 2 is 1.68 bits per heavy atom. The van der Waals surface area contributed by atoms with Gasteiger partial charge in [-0.2, -0.15) is 0 Å². The first kappa shape index (κ1) is 12.6. The van der Waals surface area contributed by atoms with Crippen molar-refractivity contribution in [2.75, 3.05) is 0 Å². The van der Waals surface area contributed by atoms with Gasteiger partial charge in [0.05, 0.1) is 5.38 Å². The summed E-state index contributed by atoms with van der Waals surface area (Å²) in [6.45, 7) is 0. The quantitative estimate of drug-likeness (QED) is 0.695. The lowest BCUT2D eigenvalue weighted by molar-refractivity contribution is 0.559. The highest BCUT2D eigenvalue weighted by Crippen LogP contribution is 2.59. The molecule has 1 saturated carbocycles. The molecule has 1 aliphatic rings. The summed E-state index contributed by atoms with van der Waals surface area (Å²) in [5.74, 6) is -0.894. The van der Waals surface area contributed by atoms with Gasteiger partial charge in [0, 0.05) is 11.0 Å². The molecular weight excluding hydrogens is 266 g/mol. The molecule has 1 atom stereocenters. The van der Waals surface area contributed by atoms with Crippen molar-refractivity contribution < 1.29 is 8.78 Å². The topological polar surface area (TPSA) is 0 Å². The van der Waals surface area contributed by atoms with Crippen LogP contribution in [0.5, 0.6) is 0 Å². The van der Waals surface area contributed by atoms with E-state index < -0.39 is 17.0 Å². The van der Waals surface area contributed by atoms with Crippen LogP contribution >= 0.6 is 11.6 Å². The van der Waals surface area contributed by atoms with Crippen molar-refractivity contribution in [2.45, 2.75) is 23.6 Å². The second-order valence-corrected chi connectivity index (χ2v) is 5.49. The predicted octanol–water partition coefficient (Wildman–Crippen LogP) is 4.98. The van der Waals surface area contributed by atoms with Gasteiger partial charge < -0.3 is 0 Å². The zero-order valence-corrected chi connectivity index (χ0v) is 11.0. The summed E-state index contributed by atoms with van der Waals surface area (Å²) in [5.41, 5.74) is 1.10. The molecule has 0 radical (unpaired) electrons. The van der Waals surface area contributed by atoms with E-state index in [1.54, 1.807) is 0 Å². The second kappa shape index (κ2) is 4.61. The maximum Gasteiger partial charge on any atom is 0.128 e. The van der Waals surface area contributed by atoms with Crippen LogP contribution in [-0.2, 0) is 5.41 Å². The van der Waals surface area contributed by atoms with Gasteiger partial charge in [-0.15, -0.1) is 11.6 Å². The average molecular weight is 279 g/mol. The van der Waals surface area contributed by atoms with E-state index in [-0.39, 0.29) is 11.0 Å². The molecule has 1 aliphatic carbocycles. The van der Waals surface area contributed by atoms with Crippen LogP contribution in [0.25, 0.3) is 0 Å². The van der Waals surface area contributed by atoms with Gasteiger partial charge in [-0.3, -0.25) is 0 Å². The van der Waals surface area contributed by atoms with E-state index in [0.29, 0.717) is 0 Å². The van der Waals surface area contributed by atoms with E-state index in [1.165, 1.54) is 6.07 Å². The lowest BCUT2D eigenvalue weighted by atomic mass is 9.88. The van der Waals surface area contributed by atoms with Crippen LogP contribution in [0, 0.1) is 11.6 Å². The molecule has 0 nitrogen and oxygen atoms in total. The van der Waals surface area contributed by atoms with Gasteiger partial charge in [-0.1, -0.05) is 30.3 Å². The predicted molar refractivity (Wildman–Crippen MR) is 72.3 cm³/mol. The minimum atomic E-state index is -0.536. The molecule has 3 rings (SSSR count). The Hall–Kier alpha value is -1.41. The van der Waals surface area contributed by atoms with E-state index >= 15 is 0 Å². The van der Waals surface area contributed by atoms with Crippen LogP contribution in [0.15, 0.2) is 48.5 Å². The number of hydrogen-bond donors (Lipinski definition) is 0. The van der Waals surface area contributed by atoms with Gasteiger partial charge in [0.1, 0.15) is 11.6 Å². The van der Waals surface area contributed by atoms with Crippen LogP contribution < -0.4 is 0 Å². The average Bonchev–Trinajstić information content (AvgIpc) is 3.23. The Morgan fingerprint density at radius 3 is 2.32 bits per heavy atom. The van der Waals surface area contributed by atoms with Crippen molar-refractivity contribution >= 4 is 11.6 Å². The van der Waals surface area contributed by atoms with Crippen LogP contribution in [0.1, 0.15) is 29.3 Å². The third kappa shape index (κ3) is 2.14. The number of halogens is 3. The normalized spacial score (nSPS) is 18.1. The Morgan fingerprint density at radius 1 is 1.00 bits per heavy atom.